The molecule has 1 aromatic heterocycles. The highest BCUT2D eigenvalue weighted by Gasteiger charge is 2.26. The van der Waals surface area contributed by atoms with E-state index in [4.69, 9.17) is 23.2 Å². The first-order chi connectivity index (χ1) is 11.6. The van der Waals surface area contributed by atoms with Gasteiger partial charge in [-0.05, 0) is 43.5 Å². The molecule has 0 saturated heterocycles. The Morgan fingerprint density at radius 1 is 1.24 bits per heavy atom. The van der Waals surface area contributed by atoms with Gasteiger partial charge < -0.3 is 5.32 Å². The van der Waals surface area contributed by atoms with Crippen LogP contribution >= 0.6 is 23.2 Å². The van der Waals surface area contributed by atoms with E-state index in [1.807, 2.05) is 57.6 Å². The summed E-state index contributed by atoms with van der Waals surface area (Å²) in [4.78, 5) is 12.3. The molecule has 25 heavy (non-hydrogen) atoms. The van der Waals surface area contributed by atoms with E-state index in [9.17, 15) is 4.79 Å². The zero-order valence-corrected chi connectivity index (χ0v) is 16.9. The van der Waals surface area contributed by atoms with Crippen LogP contribution in [0.15, 0.2) is 18.2 Å². The molecule has 2 rings (SSSR count). The fourth-order valence-electron chi connectivity index (χ4n) is 3.06. The fraction of sp³-hybridized carbons (Fsp3) is 0.474. The summed E-state index contributed by atoms with van der Waals surface area (Å²) < 4.78 is 1.85. The Bertz CT molecular complexity index is 761. The maximum absolute atomic E-state index is 12.3. The van der Waals surface area contributed by atoms with Gasteiger partial charge in [0.15, 0.2) is 0 Å². The summed E-state index contributed by atoms with van der Waals surface area (Å²) in [6.07, 6.45) is 1.12. The Hall–Kier alpha value is -1.52. The minimum absolute atomic E-state index is 0.0129. The van der Waals surface area contributed by atoms with Gasteiger partial charge in [-0.15, -0.1) is 0 Å². The molecule has 0 spiro atoms. The average Bonchev–Trinajstić information content (AvgIpc) is 2.76. The number of amides is 1. The normalized spacial score (nSPS) is 11.6. The molecule has 0 aliphatic heterocycles. The molecule has 0 bridgehead atoms. The van der Waals surface area contributed by atoms with Crippen LogP contribution in [0.4, 0.5) is 0 Å². The van der Waals surface area contributed by atoms with Crippen LogP contribution in [-0.4, -0.2) is 22.2 Å². The first-order valence-corrected chi connectivity index (χ1v) is 9.09. The van der Waals surface area contributed by atoms with E-state index in [2.05, 4.69) is 10.4 Å². The zero-order valence-electron chi connectivity index (χ0n) is 15.4. The number of nitrogens with zero attached hydrogens (tertiary/aromatic N) is 2. The highest BCUT2D eigenvalue weighted by molar-refractivity contribution is 6.36. The number of carbonyl (C=O) groups excluding carboxylic acids is 1. The molecule has 136 valence electrons. The number of hydrogen-bond acceptors (Lipinski definition) is 2. The summed E-state index contributed by atoms with van der Waals surface area (Å²) in [7, 11) is 1.92. The summed E-state index contributed by atoms with van der Waals surface area (Å²) in [5.74, 6) is 0.0129. The van der Waals surface area contributed by atoms with Crippen molar-refractivity contribution in [2.45, 2.75) is 46.0 Å². The molecule has 0 unspecified atom stereocenters. The van der Waals surface area contributed by atoms with Crippen LogP contribution in [0.3, 0.4) is 0 Å². The molecule has 1 N–H and O–H groups in total. The van der Waals surface area contributed by atoms with Crippen molar-refractivity contribution in [1.29, 1.82) is 0 Å². The molecule has 0 saturated carbocycles. The maximum atomic E-state index is 12.3. The second-order valence-electron chi connectivity index (χ2n) is 7.03. The topological polar surface area (TPSA) is 46.9 Å². The first kappa shape index (κ1) is 19.8. The van der Waals surface area contributed by atoms with E-state index >= 15 is 0 Å². The number of halogens is 2. The fourth-order valence-corrected chi connectivity index (χ4v) is 3.97. The van der Waals surface area contributed by atoms with E-state index in [0.717, 1.165) is 22.5 Å². The highest BCUT2D eigenvalue weighted by Crippen LogP contribution is 2.35. The minimum Gasteiger partial charge on any atom is -0.355 e. The van der Waals surface area contributed by atoms with Gasteiger partial charge in [0.2, 0.25) is 5.91 Å². The molecule has 1 amide bonds. The second-order valence-corrected chi connectivity index (χ2v) is 7.84. The zero-order chi connectivity index (χ0) is 18.8. The lowest BCUT2D eigenvalue weighted by Gasteiger charge is -2.27. The van der Waals surface area contributed by atoms with Crippen LogP contribution in [0.2, 0.25) is 10.0 Å². The maximum Gasteiger partial charge on any atom is 0.220 e. The smallest absolute Gasteiger partial charge is 0.220 e. The predicted octanol–water partition coefficient (Wildman–Crippen LogP) is 4.37. The Labute approximate surface area is 159 Å². The quantitative estimate of drug-likeness (QED) is 0.807. The lowest BCUT2D eigenvalue weighted by atomic mass is 9.84. The Balaban J connectivity index is 1.97. The molecule has 0 atom stereocenters. The number of carbonyl (C=O) groups is 1. The number of hydrogen-bond donors (Lipinski definition) is 1. The lowest BCUT2D eigenvalue weighted by Crippen LogP contribution is -2.37. The Kier molecular flexibility index (Phi) is 6.17. The van der Waals surface area contributed by atoms with Crippen molar-refractivity contribution in [3.63, 3.8) is 0 Å². The molecule has 1 aromatic carbocycles. The summed E-state index contributed by atoms with van der Waals surface area (Å²) in [5, 5.41) is 8.63. The van der Waals surface area contributed by atoms with Crippen molar-refractivity contribution in [2.24, 2.45) is 7.05 Å². The third kappa shape index (κ3) is 4.56. The average molecular weight is 382 g/mol. The number of nitrogens with one attached hydrogen (secondary N) is 1. The second kappa shape index (κ2) is 7.79. The standard InChI is InChI=1S/C19H25Cl2N3O/c1-12-14(13(2)24(5)23-12)9-10-17(25)22-11-19(3,4)18-15(20)7-6-8-16(18)21/h6-8H,9-11H2,1-5H3,(H,22,25). The van der Waals surface area contributed by atoms with Crippen molar-refractivity contribution in [1.82, 2.24) is 15.1 Å². The highest BCUT2D eigenvalue weighted by atomic mass is 35.5. The molecular formula is C19H25Cl2N3O. The van der Waals surface area contributed by atoms with E-state index in [-0.39, 0.29) is 11.3 Å². The van der Waals surface area contributed by atoms with E-state index in [0.29, 0.717) is 29.4 Å². The van der Waals surface area contributed by atoms with Gasteiger partial charge in [0.25, 0.3) is 0 Å². The van der Waals surface area contributed by atoms with Crippen LogP contribution in [0.25, 0.3) is 0 Å². The summed E-state index contributed by atoms with van der Waals surface area (Å²) >= 11 is 12.6. The van der Waals surface area contributed by atoms with Gasteiger partial charge in [0.1, 0.15) is 0 Å². The molecule has 0 aliphatic carbocycles. The van der Waals surface area contributed by atoms with Crippen LogP contribution in [0, 0.1) is 13.8 Å². The number of rotatable bonds is 6. The van der Waals surface area contributed by atoms with Gasteiger partial charge in [-0.3, -0.25) is 9.48 Å². The molecule has 0 fully saturated rings. The number of aromatic nitrogens is 2. The van der Waals surface area contributed by atoms with E-state index < -0.39 is 0 Å². The van der Waals surface area contributed by atoms with Gasteiger partial charge in [0, 0.05) is 41.2 Å². The Morgan fingerprint density at radius 2 is 1.84 bits per heavy atom. The van der Waals surface area contributed by atoms with Crippen molar-refractivity contribution in [3.8, 4) is 0 Å². The number of aryl methyl sites for hydroxylation is 2. The van der Waals surface area contributed by atoms with E-state index in [1.165, 1.54) is 0 Å². The van der Waals surface area contributed by atoms with Crippen molar-refractivity contribution < 1.29 is 4.79 Å². The van der Waals surface area contributed by atoms with Gasteiger partial charge in [-0.2, -0.15) is 5.10 Å². The van der Waals surface area contributed by atoms with Crippen molar-refractivity contribution >= 4 is 29.1 Å². The Morgan fingerprint density at radius 3 is 2.36 bits per heavy atom. The van der Waals surface area contributed by atoms with Gasteiger partial charge >= 0.3 is 0 Å². The third-order valence-corrected chi connectivity index (χ3v) is 5.26. The summed E-state index contributed by atoms with van der Waals surface area (Å²) in [6, 6.07) is 5.46. The molecule has 0 aliphatic rings. The van der Waals surface area contributed by atoms with Gasteiger partial charge in [-0.1, -0.05) is 43.1 Å². The van der Waals surface area contributed by atoms with Crippen molar-refractivity contribution in [2.75, 3.05) is 6.54 Å². The summed E-state index contributed by atoms with van der Waals surface area (Å²) in [6.45, 7) is 8.52. The van der Waals surface area contributed by atoms with Gasteiger partial charge in [-0.25, -0.2) is 0 Å². The monoisotopic (exact) mass is 381 g/mol. The van der Waals surface area contributed by atoms with Gasteiger partial charge in [0.05, 0.1) is 5.69 Å². The van der Waals surface area contributed by atoms with Crippen LogP contribution < -0.4 is 5.32 Å². The molecule has 1 heterocycles. The third-order valence-electron chi connectivity index (χ3n) is 4.63. The molecule has 4 nitrogen and oxygen atoms in total. The minimum atomic E-state index is -0.356. The van der Waals surface area contributed by atoms with E-state index in [1.54, 1.807) is 0 Å². The SMILES string of the molecule is Cc1nn(C)c(C)c1CCC(=O)NCC(C)(C)c1c(Cl)cccc1Cl. The predicted molar refractivity (Wildman–Crippen MR) is 104 cm³/mol. The largest absolute Gasteiger partial charge is 0.355 e. The molecule has 0 radical (unpaired) electrons. The molecular weight excluding hydrogens is 357 g/mol. The van der Waals surface area contributed by atoms with Crippen LogP contribution in [0.5, 0.6) is 0 Å². The first-order valence-electron chi connectivity index (χ1n) is 8.33. The number of benzene rings is 1. The molecule has 2 aromatic rings. The summed E-state index contributed by atoms with van der Waals surface area (Å²) in [5.41, 5.74) is 3.73. The van der Waals surface area contributed by atoms with Crippen LogP contribution in [0.1, 0.15) is 42.8 Å². The lowest BCUT2D eigenvalue weighted by molar-refractivity contribution is -0.121. The van der Waals surface area contributed by atoms with Crippen molar-refractivity contribution in [3.05, 3.63) is 50.8 Å². The molecule has 6 heteroatoms. The van der Waals surface area contributed by atoms with Crippen LogP contribution in [-0.2, 0) is 23.7 Å².